The van der Waals surface area contributed by atoms with E-state index >= 15 is 0 Å². The van der Waals surface area contributed by atoms with E-state index in [-0.39, 0.29) is 16.7 Å². The van der Waals surface area contributed by atoms with Crippen LogP contribution in [0.25, 0.3) is 0 Å². The molecule has 2 aromatic rings. The summed E-state index contributed by atoms with van der Waals surface area (Å²) in [5, 5.41) is 19.3. The van der Waals surface area contributed by atoms with Gasteiger partial charge in [-0.05, 0) is 23.9 Å². The van der Waals surface area contributed by atoms with Gasteiger partial charge in [-0.1, -0.05) is 13.0 Å². The maximum Gasteiger partial charge on any atom is 0.273 e. The number of benzene rings is 1. The lowest BCUT2D eigenvalue weighted by Crippen LogP contribution is -2.08. The van der Waals surface area contributed by atoms with Crippen molar-refractivity contribution in [3.05, 3.63) is 50.7 Å². The minimum absolute atomic E-state index is 0.0837. The second-order valence-electron chi connectivity index (χ2n) is 4.40. The summed E-state index contributed by atoms with van der Waals surface area (Å²) in [6, 6.07) is 9.22. The Morgan fingerprint density at radius 2 is 2.10 bits per heavy atom. The number of anilines is 2. The number of nitrogens with zero attached hydrogens (tertiary/aromatic N) is 1. The molecule has 6 heteroatoms. The van der Waals surface area contributed by atoms with Gasteiger partial charge in [0.25, 0.3) is 5.69 Å². The topological polar surface area (TPSA) is 67.2 Å². The zero-order valence-corrected chi connectivity index (χ0v) is 12.2. The molecule has 1 aromatic heterocycles. The third-order valence-corrected chi connectivity index (χ3v) is 4.04. The van der Waals surface area contributed by atoms with Gasteiger partial charge >= 0.3 is 0 Å². The first-order valence-electron chi connectivity index (χ1n) is 6.41. The average molecular weight is 291 g/mol. The van der Waals surface area contributed by atoms with Crippen molar-refractivity contribution >= 4 is 28.4 Å². The van der Waals surface area contributed by atoms with E-state index in [1.807, 2.05) is 17.5 Å². The Balaban J connectivity index is 2.27. The van der Waals surface area contributed by atoms with Crippen molar-refractivity contribution in [3.8, 4) is 0 Å². The molecule has 0 saturated heterocycles. The summed E-state index contributed by atoms with van der Waals surface area (Å²) < 4.78 is 0. The van der Waals surface area contributed by atoms with Crippen LogP contribution in [0.3, 0.4) is 0 Å². The standard InChI is InChI=1S/C14H17N3O2S/c1-3-13(14-5-4-6-20-14)16-11-7-10(15-2)8-12(9-11)17(18)19/h4-9,13,15-16H,3H2,1-2H3. The third kappa shape index (κ3) is 3.27. The Kier molecular flexibility index (Phi) is 4.57. The number of hydrogen-bond acceptors (Lipinski definition) is 5. The van der Waals surface area contributed by atoms with Crippen LogP contribution < -0.4 is 10.6 Å². The molecule has 0 amide bonds. The van der Waals surface area contributed by atoms with Gasteiger partial charge < -0.3 is 10.6 Å². The highest BCUT2D eigenvalue weighted by atomic mass is 32.1. The van der Waals surface area contributed by atoms with Gasteiger partial charge in [0.2, 0.25) is 0 Å². The molecule has 0 bridgehead atoms. The number of non-ortho nitro benzene ring substituents is 1. The van der Waals surface area contributed by atoms with Gasteiger partial charge in [0.15, 0.2) is 0 Å². The minimum Gasteiger partial charge on any atom is -0.388 e. The summed E-state index contributed by atoms with van der Waals surface area (Å²) in [4.78, 5) is 11.8. The molecule has 1 aromatic carbocycles. The highest BCUT2D eigenvalue weighted by Crippen LogP contribution is 2.30. The van der Waals surface area contributed by atoms with Crippen molar-refractivity contribution < 1.29 is 4.92 Å². The Hall–Kier alpha value is -2.08. The summed E-state index contributed by atoms with van der Waals surface area (Å²) in [7, 11) is 1.75. The largest absolute Gasteiger partial charge is 0.388 e. The van der Waals surface area contributed by atoms with Crippen LogP contribution in [-0.2, 0) is 0 Å². The molecule has 0 saturated carbocycles. The molecule has 0 aliphatic rings. The zero-order valence-electron chi connectivity index (χ0n) is 11.4. The molecular formula is C14H17N3O2S. The Morgan fingerprint density at radius 1 is 1.35 bits per heavy atom. The SMILES string of the molecule is CCC(Nc1cc(NC)cc([N+](=O)[O-])c1)c1cccs1. The van der Waals surface area contributed by atoms with E-state index < -0.39 is 0 Å². The minimum atomic E-state index is -0.377. The fourth-order valence-corrected chi connectivity index (χ4v) is 2.87. The van der Waals surface area contributed by atoms with Crippen LogP contribution in [0.15, 0.2) is 35.7 Å². The summed E-state index contributed by atoms with van der Waals surface area (Å²) >= 11 is 1.68. The maximum atomic E-state index is 11.0. The van der Waals surface area contributed by atoms with E-state index in [1.165, 1.54) is 10.9 Å². The normalized spacial score (nSPS) is 11.9. The summed E-state index contributed by atoms with van der Waals surface area (Å²) in [6.45, 7) is 2.09. The summed E-state index contributed by atoms with van der Waals surface area (Å²) in [6.07, 6.45) is 0.915. The maximum absolute atomic E-state index is 11.0. The van der Waals surface area contributed by atoms with Crippen molar-refractivity contribution in [2.45, 2.75) is 19.4 Å². The Morgan fingerprint density at radius 3 is 2.65 bits per heavy atom. The molecule has 2 rings (SSSR count). The smallest absolute Gasteiger partial charge is 0.273 e. The molecular weight excluding hydrogens is 274 g/mol. The van der Waals surface area contributed by atoms with Gasteiger partial charge in [-0.25, -0.2) is 0 Å². The number of hydrogen-bond donors (Lipinski definition) is 2. The van der Waals surface area contributed by atoms with Crippen LogP contribution in [0.2, 0.25) is 0 Å². The highest BCUT2D eigenvalue weighted by molar-refractivity contribution is 7.10. The van der Waals surface area contributed by atoms with Gasteiger partial charge in [-0.3, -0.25) is 10.1 Å². The second kappa shape index (κ2) is 6.38. The Labute approximate surface area is 121 Å². The zero-order chi connectivity index (χ0) is 14.5. The lowest BCUT2D eigenvalue weighted by molar-refractivity contribution is -0.384. The first-order valence-corrected chi connectivity index (χ1v) is 7.29. The third-order valence-electron chi connectivity index (χ3n) is 3.05. The van der Waals surface area contributed by atoms with Crippen LogP contribution >= 0.6 is 11.3 Å². The second-order valence-corrected chi connectivity index (χ2v) is 5.38. The lowest BCUT2D eigenvalue weighted by Gasteiger charge is -2.17. The summed E-state index contributed by atoms with van der Waals surface area (Å²) in [5.41, 5.74) is 1.56. The quantitative estimate of drug-likeness (QED) is 0.616. The van der Waals surface area contributed by atoms with E-state index in [0.717, 1.165) is 17.8 Å². The molecule has 106 valence electrons. The van der Waals surface area contributed by atoms with Crippen LogP contribution in [0.5, 0.6) is 0 Å². The first-order chi connectivity index (χ1) is 9.63. The van der Waals surface area contributed by atoms with E-state index in [4.69, 9.17) is 0 Å². The fraction of sp³-hybridized carbons (Fsp3) is 0.286. The predicted octanol–water partition coefficient (Wildman–Crippen LogP) is 4.26. The van der Waals surface area contributed by atoms with Crippen molar-refractivity contribution in [2.75, 3.05) is 17.7 Å². The summed E-state index contributed by atoms with van der Waals surface area (Å²) in [5.74, 6) is 0. The molecule has 20 heavy (non-hydrogen) atoms. The van der Waals surface area contributed by atoms with Crippen molar-refractivity contribution in [1.29, 1.82) is 0 Å². The van der Waals surface area contributed by atoms with Crippen LogP contribution in [0.1, 0.15) is 24.3 Å². The average Bonchev–Trinajstić information content (AvgIpc) is 2.98. The number of rotatable bonds is 6. The molecule has 2 N–H and O–H groups in total. The first kappa shape index (κ1) is 14.3. The highest BCUT2D eigenvalue weighted by Gasteiger charge is 2.14. The van der Waals surface area contributed by atoms with Gasteiger partial charge in [0, 0.05) is 35.4 Å². The molecule has 5 nitrogen and oxygen atoms in total. The van der Waals surface area contributed by atoms with Gasteiger partial charge in [-0.2, -0.15) is 0 Å². The van der Waals surface area contributed by atoms with E-state index in [1.54, 1.807) is 24.5 Å². The molecule has 1 atom stereocenters. The molecule has 1 heterocycles. The lowest BCUT2D eigenvalue weighted by atomic mass is 10.1. The van der Waals surface area contributed by atoms with E-state index in [0.29, 0.717) is 0 Å². The van der Waals surface area contributed by atoms with Crippen molar-refractivity contribution in [3.63, 3.8) is 0 Å². The Bertz CT molecular complexity index is 584. The number of nitro benzene ring substituents is 1. The monoisotopic (exact) mass is 291 g/mol. The van der Waals surface area contributed by atoms with Crippen LogP contribution in [0.4, 0.5) is 17.1 Å². The molecule has 0 aliphatic carbocycles. The number of thiophene rings is 1. The van der Waals surface area contributed by atoms with Crippen molar-refractivity contribution in [1.82, 2.24) is 0 Å². The molecule has 0 spiro atoms. The molecule has 0 fully saturated rings. The number of nitro groups is 1. The fourth-order valence-electron chi connectivity index (χ4n) is 2.01. The van der Waals surface area contributed by atoms with E-state index in [2.05, 4.69) is 23.6 Å². The predicted molar refractivity (Wildman–Crippen MR) is 83.6 cm³/mol. The molecule has 1 unspecified atom stereocenters. The molecule has 0 aliphatic heterocycles. The van der Waals surface area contributed by atoms with Crippen LogP contribution in [-0.4, -0.2) is 12.0 Å². The van der Waals surface area contributed by atoms with Gasteiger partial charge in [-0.15, -0.1) is 11.3 Å². The molecule has 0 radical (unpaired) electrons. The van der Waals surface area contributed by atoms with Crippen molar-refractivity contribution in [2.24, 2.45) is 0 Å². The van der Waals surface area contributed by atoms with Crippen LogP contribution in [0, 0.1) is 10.1 Å². The number of nitrogens with one attached hydrogen (secondary N) is 2. The van der Waals surface area contributed by atoms with E-state index in [9.17, 15) is 10.1 Å². The van der Waals surface area contributed by atoms with Gasteiger partial charge in [0.1, 0.15) is 0 Å². The van der Waals surface area contributed by atoms with Gasteiger partial charge in [0.05, 0.1) is 11.0 Å².